The van der Waals surface area contributed by atoms with Gasteiger partial charge in [0.25, 0.3) is 5.91 Å². The molecule has 0 aromatic carbocycles. The van der Waals surface area contributed by atoms with Crippen LogP contribution in [0, 0.1) is 5.41 Å². The molecule has 0 aliphatic carbocycles. The lowest BCUT2D eigenvalue weighted by atomic mass is 9.76. The van der Waals surface area contributed by atoms with Crippen LogP contribution in [0.15, 0.2) is 17.7 Å². The second kappa shape index (κ2) is 7.20. The van der Waals surface area contributed by atoms with Crippen LogP contribution < -0.4 is 0 Å². The van der Waals surface area contributed by atoms with E-state index in [0.717, 1.165) is 11.3 Å². The molecule has 0 spiro atoms. The molecule has 1 amide bonds. The number of H-pyrrole nitrogens is 1. The lowest BCUT2D eigenvalue weighted by Gasteiger charge is -2.39. The van der Waals surface area contributed by atoms with Crippen molar-refractivity contribution < 1.29 is 14.7 Å². The molecule has 1 atom stereocenters. The van der Waals surface area contributed by atoms with E-state index >= 15 is 0 Å². The summed E-state index contributed by atoms with van der Waals surface area (Å²) in [7, 11) is 0. The van der Waals surface area contributed by atoms with Crippen LogP contribution in [0.1, 0.15) is 69.1 Å². The Bertz CT molecular complexity index is 644. The fourth-order valence-electron chi connectivity index (χ4n) is 3.04. The Kier molecular flexibility index (Phi) is 5.47. The Morgan fingerprint density at radius 2 is 2.17 bits per heavy atom. The van der Waals surface area contributed by atoms with E-state index < -0.39 is 11.4 Å². The molecule has 1 fully saturated rings. The number of carbonyl (C=O) groups excluding carboxylic acids is 1. The van der Waals surface area contributed by atoms with Crippen molar-refractivity contribution in [1.29, 1.82) is 0 Å². The van der Waals surface area contributed by atoms with Crippen LogP contribution >= 0.6 is 0 Å². The molecular formula is C18H27N3O3. The summed E-state index contributed by atoms with van der Waals surface area (Å²) in [5.41, 5.74) is 1.46. The monoisotopic (exact) mass is 333 g/mol. The van der Waals surface area contributed by atoms with E-state index in [1.54, 1.807) is 11.0 Å². The van der Waals surface area contributed by atoms with Gasteiger partial charge in [-0.3, -0.25) is 14.7 Å². The first kappa shape index (κ1) is 18.2. The van der Waals surface area contributed by atoms with E-state index in [9.17, 15) is 14.7 Å². The van der Waals surface area contributed by atoms with Gasteiger partial charge in [-0.05, 0) is 45.1 Å². The van der Waals surface area contributed by atoms with E-state index in [-0.39, 0.29) is 18.4 Å². The van der Waals surface area contributed by atoms with E-state index in [1.165, 1.54) is 0 Å². The third-order valence-electron chi connectivity index (χ3n) is 4.66. The van der Waals surface area contributed by atoms with Crippen molar-refractivity contribution >= 4 is 11.9 Å². The summed E-state index contributed by atoms with van der Waals surface area (Å²) >= 11 is 0. The number of carbonyl (C=O) groups is 2. The van der Waals surface area contributed by atoms with Gasteiger partial charge in [0.05, 0.1) is 5.41 Å². The number of hydrogen-bond acceptors (Lipinski definition) is 3. The molecule has 1 aromatic rings. The van der Waals surface area contributed by atoms with Crippen molar-refractivity contribution in [3.8, 4) is 0 Å². The van der Waals surface area contributed by atoms with Crippen molar-refractivity contribution in [2.45, 2.75) is 52.9 Å². The molecule has 24 heavy (non-hydrogen) atoms. The number of hydrogen-bond donors (Lipinski definition) is 2. The van der Waals surface area contributed by atoms with Crippen LogP contribution in [0.5, 0.6) is 0 Å². The number of nitrogens with one attached hydrogen (secondary N) is 1. The number of allylic oxidation sites excluding steroid dienone is 2. The second-order valence-corrected chi connectivity index (χ2v) is 7.26. The average molecular weight is 333 g/mol. The minimum atomic E-state index is -0.900. The van der Waals surface area contributed by atoms with Gasteiger partial charge >= 0.3 is 5.97 Å². The molecule has 0 saturated carbocycles. The summed E-state index contributed by atoms with van der Waals surface area (Å²) in [5, 5.41) is 16.7. The summed E-state index contributed by atoms with van der Waals surface area (Å²) in [5.74, 6) is -0.765. The maximum atomic E-state index is 12.7. The fraction of sp³-hybridized carbons (Fsp3) is 0.611. The molecule has 1 aliphatic rings. The lowest BCUT2D eigenvalue weighted by Crippen LogP contribution is -2.49. The Morgan fingerprint density at radius 3 is 2.71 bits per heavy atom. The number of aromatic amines is 1. The average Bonchev–Trinajstić information content (AvgIpc) is 3.02. The zero-order chi connectivity index (χ0) is 17.9. The minimum Gasteiger partial charge on any atom is -0.481 e. The van der Waals surface area contributed by atoms with Gasteiger partial charge in [-0.1, -0.05) is 25.5 Å². The number of rotatable bonds is 5. The van der Waals surface area contributed by atoms with E-state index in [1.807, 2.05) is 33.8 Å². The predicted octanol–water partition coefficient (Wildman–Crippen LogP) is 3.20. The summed E-state index contributed by atoms with van der Waals surface area (Å²) in [6.07, 6.45) is 3.68. The molecule has 1 aromatic heterocycles. The van der Waals surface area contributed by atoms with Gasteiger partial charge in [-0.2, -0.15) is 5.10 Å². The molecule has 132 valence electrons. The van der Waals surface area contributed by atoms with Crippen LogP contribution in [0.3, 0.4) is 0 Å². The molecule has 2 heterocycles. The number of carboxylic acids is 1. The standard InChI is InChI=1S/C18H27N3O3/c1-12(2)6-8-18(17(23)24)7-5-9-21(11-18)16(22)15-10-14(13(3)4)19-20-15/h6,10,13H,5,7-9,11H2,1-4H3,(H,19,20)(H,23,24). The molecule has 2 rings (SSSR count). The zero-order valence-electron chi connectivity index (χ0n) is 14.9. The van der Waals surface area contributed by atoms with E-state index in [0.29, 0.717) is 31.5 Å². The van der Waals surface area contributed by atoms with Gasteiger partial charge in [0.2, 0.25) is 0 Å². The van der Waals surface area contributed by atoms with Crippen molar-refractivity contribution in [1.82, 2.24) is 15.1 Å². The number of aromatic nitrogens is 2. The normalized spacial score (nSPS) is 21.0. The fourth-order valence-corrected chi connectivity index (χ4v) is 3.04. The molecule has 1 unspecified atom stereocenters. The first-order chi connectivity index (χ1) is 11.2. The van der Waals surface area contributed by atoms with Gasteiger partial charge in [-0.15, -0.1) is 0 Å². The van der Waals surface area contributed by atoms with Crippen molar-refractivity contribution in [3.05, 3.63) is 29.1 Å². The number of nitrogens with zero attached hydrogens (tertiary/aromatic N) is 2. The van der Waals surface area contributed by atoms with Crippen LogP contribution in [0.2, 0.25) is 0 Å². The number of amides is 1. The molecule has 6 heteroatoms. The van der Waals surface area contributed by atoms with E-state index in [4.69, 9.17) is 0 Å². The van der Waals surface area contributed by atoms with Crippen LogP contribution in [-0.4, -0.2) is 45.2 Å². The van der Waals surface area contributed by atoms with Crippen LogP contribution in [0.25, 0.3) is 0 Å². The van der Waals surface area contributed by atoms with Crippen molar-refractivity contribution in [2.24, 2.45) is 5.41 Å². The number of carboxylic acid groups (broad SMARTS) is 1. The van der Waals surface area contributed by atoms with Crippen molar-refractivity contribution in [3.63, 3.8) is 0 Å². The van der Waals surface area contributed by atoms with Crippen LogP contribution in [-0.2, 0) is 4.79 Å². The lowest BCUT2D eigenvalue weighted by molar-refractivity contribution is -0.151. The number of aliphatic carboxylic acids is 1. The first-order valence-corrected chi connectivity index (χ1v) is 8.46. The third kappa shape index (κ3) is 3.86. The second-order valence-electron chi connectivity index (χ2n) is 7.26. The number of piperidine rings is 1. The topological polar surface area (TPSA) is 86.3 Å². The van der Waals surface area contributed by atoms with Crippen molar-refractivity contribution in [2.75, 3.05) is 13.1 Å². The third-order valence-corrected chi connectivity index (χ3v) is 4.66. The summed E-state index contributed by atoms with van der Waals surface area (Å²) in [6, 6.07) is 1.76. The highest BCUT2D eigenvalue weighted by molar-refractivity contribution is 5.93. The molecular weight excluding hydrogens is 306 g/mol. The SMILES string of the molecule is CC(C)=CCC1(C(=O)O)CCCN(C(=O)c2cc(C(C)C)[nH]n2)C1. The Morgan fingerprint density at radius 1 is 1.46 bits per heavy atom. The van der Waals surface area contributed by atoms with Gasteiger partial charge < -0.3 is 10.0 Å². The summed E-state index contributed by atoms with van der Waals surface area (Å²) in [6.45, 7) is 8.77. The molecule has 1 saturated heterocycles. The van der Waals surface area contributed by atoms with Gasteiger partial charge in [0.15, 0.2) is 0 Å². The van der Waals surface area contributed by atoms with Crippen LogP contribution in [0.4, 0.5) is 0 Å². The summed E-state index contributed by atoms with van der Waals surface area (Å²) < 4.78 is 0. The molecule has 1 aliphatic heterocycles. The molecule has 2 N–H and O–H groups in total. The highest BCUT2D eigenvalue weighted by Crippen LogP contribution is 2.35. The Labute approximate surface area is 142 Å². The number of likely N-dealkylation sites (tertiary alicyclic amines) is 1. The maximum absolute atomic E-state index is 12.7. The predicted molar refractivity (Wildman–Crippen MR) is 91.9 cm³/mol. The van der Waals surface area contributed by atoms with E-state index in [2.05, 4.69) is 10.2 Å². The van der Waals surface area contributed by atoms with Gasteiger partial charge in [0.1, 0.15) is 5.69 Å². The highest BCUT2D eigenvalue weighted by Gasteiger charge is 2.43. The quantitative estimate of drug-likeness (QED) is 0.810. The molecule has 0 bridgehead atoms. The van der Waals surface area contributed by atoms with Gasteiger partial charge in [-0.25, -0.2) is 0 Å². The molecule has 0 radical (unpaired) electrons. The molecule has 6 nitrogen and oxygen atoms in total. The minimum absolute atomic E-state index is 0.194. The smallest absolute Gasteiger partial charge is 0.311 e. The Hall–Kier alpha value is -2.11. The largest absolute Gasteiger partial charge is 0.481 e. The maximum Gasteiger partial charge on any atom is 0.311 e. The first-order valence-electron chi connectivity index (χ1n) is 8.46. The Balaban J connectivity index is 2.19. The zero-order valence-corrected chi connectivity index (χ0v) is 14.9. The summed E-state index contributed by atoms with van der Waals surface area (Å²) in [4.78, 5) is 26.3. The highest BCUT2D eigenvalue weighted by atomic mass is 16.4. The van der Waals surface area contributed by atoms with Gasteiger partial charge in [0, 0.05) is 18.8 Å².